The van der Waals surface area contributed by atoms with Crippen LogP contribution in [0.4, 0.5) is 13.2 Å². The molecule has 1 saturated heterocycles. The van der Waals surface area contributed by atoms with Crippen molar-refractivity contribution in [3.8, 4) is 11.5 Å². The Labute approximate surface area is 177 Å². The summed E-state index contributed by atoms with van der Waals surface area (Å²) < 4.78 is 43.5. The van der Waals surface area contributed by atoms with Gasteiger partial charge in [0.2, 0.25) is 11.8 Å². The quantitative estimate of drug-likeness (QED) is 0.635. The fraction of sp³-hybridized carbons (Fsp3) is 0.304. The Morgan fingerprint density at radius 1 is 1.13 bits per heavy atom. The lowest BCUT2D eigenvalue weighted by Gasteiger charge is -2.17. The third-order valence-electron chi connectivity index (χ3n) is 5.24. The highest BCUT2D eigenvalue weighted by molar-refractivity contribution is 5.78. The first-order chi connectivity index (χ1) is 14.9. The number of benzene rings is 2. The van der Waals surface area contributed by atoms with Crippen molar-refractivity contribution in [3.63, 3.8) is 0 Å². The standard InChI is InChI=1S/C23H22F3N3O2/c24-23(25,26)18-8-6-16(7-9-18)13-29-11-10-19(14-29)27-21(30)12-20-15-31-22(28-20)17-4-2-1-3-5-17/h1-9,15,19H,10-14H2,(H,27,30). The van der Waals surface area contributed by atoms with E-state index in [1.165, 1.54) is 18.4 Å². The second-order valence-electron chi connectivity index (χ2n) is 7.67. The zero-order valence-corrected chi connectivity index (χ0v) is 16.7. The lowest BCUT2D eigenvalue weighted by Crippen LogP contribution is -2.37. The maximum Gasteiger partial charge on any atom is 0.416 e. The number of hydrogen-bond acceptors (Lipinski definition) is 4. The Hall–Kier alpha value is -3.13. The van der Waals surface area contributed by atoms with Gasteiger partial charge in [-0.15, -0.1) is 0 Å². The molecule has 0 bridgehead atoms. The van der Waals surface area contributed by atoms with Gasteiger partial charge in [0.25, 0.3) is 0 Å². The van der Waals surface area contributed by atoms with Crippen LogP contribution in [0.25, 0.3) is 11.5 Å². The Morgan fingerprint density at radius 3 is 2.58 bits per heavy atom. The van der Waals surface area contributed by atoms with Crippen molar-refractivity contribution in [1.29, 1.82) is 0 Å². The van der Waals surface area contributed by atoms with Crippen LogP contribution in [-0.4, -0.2) is 34.9 Å². The van der Waals surface area contributed by atoms with Gasteiger partial charge in [0.1, 0.15) is 6.26 Å². The fourth-order valence-electron chi connectivity index (χ4n) is 3.70. The second-order valence-corrected chi connectivity index (χ2v) is 7.67. The Kier molecular flexibility index (Phi) is 6.08. The number of aromatic nitrogens is 1. The lowest BCUT2D eigenvalue weighted by atomic mass is 10.1. The van der Waals surface area contributed by atoms with Crippen molar-refractivity contribution < 1.29 is 22.4 Å². The Morgan fingerprint density at radius 2 is 1.87 bits per heavy atom. The van der Waals surface area contributed by atoms with Crippen LogP contribution in [0, 0.1) is 0 Å². The van der Waals surface area contributed by atoms with Gasteiger partial charge in [0.05, 0.1) is 17.7 Å². The van der Waals surface area contributed by atoms with Gasteiger partial charge >= 0.3 is 6.18 Å². The van der Waals surface area contributed by atoms with Crippen molar-refractivity contribution >= 4 is 5.91 Å². The number of carbonyl (C=O) groups excluding carboxylic acids is 1. The number of nitrogens with one attached hydrogen (secondary N) is 1. The van der Waals surface area contributed by atoms with Crippen LogP contribution in [0.3, 0.4) is 0 Å². The minimum atomic E-state index is -4.33. The zero-order chi connectivity index (χ0) is 21.8. The third kappa shape index (κ3) is 5.52. The SMILES string of the molecule is O=C(Cc1coc(-c2ccccc2)n1)NC1CCN(Cc2ccc(C(F)(F)F)cc2)C1. The molecule has 0 spiro atoms. The minimum Gasteiger partial charge on any atom is -0.444 e. The number of oxazole rings is 1. The average Bonchev–Trinajstić information content (AvgIpc) is 3.38. The molecule has 0 aliphatic carbocycles. The van der Waals surface area contributed by atoms with Crippen LogP contribution < -0.4 is 5.32 Å². The fourth-order valence-corrected chi connectivity index (χ4v) is 3.70. The van der Waals surface area contributed by atoms with E-state index in [9.17, 15) is 18.0 Å². The monoisotopic (exact) mass is 429 g/mol. The van der Waals surface area contributed by atoms with Gasteiger partial charge in [-0.3, -0.25) is 9.69 Å². The van der Waals surface area contributed by atoms with Gasteiger partial charge in [-0.2, -0.15) is 13.2 Å². The summed E-state index contributed by atoms with van der Waals surface area (Å²) in [6.07, 6.45) is -1.91. The second kappa shape index (κ2) is 8.93. The average molecular weight is 429 g/mol. The molecule has 1 aliphatic rings. The van der Waals surface area contributed by atoms with Gasteiger partial charge in [0, 0.05) is 31.2 Å². The summed E-state index contributed by atoms with van der Waals surface area (Å²) in [7, 11) is 0. The van der Waals surface area contributed by atoms with E-state index in [-0.39, 0.29) is 18.4 Å². The van der Waals surface area contributed by atoms with Crippen molar-refractivity contribution in [2.75, 3.05) is 13.1 Å². The lowest BCUT2D eigenvalue weighted by molar-refractivity contribution is -0.137. The van der Waals surface area contributed by atoms with Crippen LogP contribution >= 0.6 is 0 Å². The number of rotatable bonds is 6. The molecule has 1 fully saturated rings. The van der Waals surface area contributed by atoms with E-state index in [4.69, 9.17) is 4.42 Å². The van der Waals surface area contributed by atoms with E-state index in [1.54, 1.807) is 0 Å². The summed E-state index contributed by atoms with van der Waals surface area (Å²) in [4.78, 5) is 18.9. The zero-order valence-electron chi connectivity index (χ0n) is 16.7. The number of nitrogens with zero attached hydrogens (tertiary/aromatic N) is 2. The molecule has 162 valence electrons. The maximum absolute atomic E-state index is 12.7. The van der Waals surface area contributed by atoms with Crippen molar-refractivity contribution in [2.24, 2.45) is 0 Å². The van der Waals surface area contributed by atoms with E-state index < -0.39 is 11.7 Å². The van der Waals surface area contributed by atoms with E-state index in [1.807, 2.05) is 30.3 Å². The molecule has 2 aromatic carbocycles. The number of halogens is 3. The maximum atomic E-state index is 12.7. The smallest absolute Gasteiger partial charge is 0.416 e. The summed E-state index contributed by atoms with van der Waals surface area (Å²) in [6.45, 7) is 1.98. The molecule has 1 atom stereocenters. The highest BCUT2D eigenvalue weighted by atomic mass is 19.4. The molecule has 3 aromatic rings. The largest absolute Gasteiger partial charge is 0.444 e. The molecule has 0 radical (unpaired) electrons. The van der Waals surface area contributed by atoms with Crippen LogP contribution in [-0.2, 0) is 23.9 Å². The first-order valence-electron chi connectivity index (χ1n) is 10.0. The van der Waals surface area contributed by atoms with Gasteiger partial charge < -0.3 is 9.73 Å². The molecular weight excluding hydrogens is 407 g/mol. The van der Waals surface area contributed by atoms with Crippen molar-refractivity contribution in [3.05, 3.63) is 77.7 Å². The number of carbonyl (C=O) groups is 1. The first-order valence-corrected chi connectivity index (χ1v) is 10.0. The van der Waals surface area contributed by atoms with Crippen molar-refractivity contribution in [1.82, 2.24) is 15.2 Å². The van der Waals surface area contributed by atoms with Crippen LogP contribution in [0.15, 0.2) is 65.3 Å². The highest BCUT2D eigenvalue weighted by Crippen LogP contribution is 2.29. The molecule has 0 saturated carbocycles. The van der Waals surface area contributed by atoms with Gasteiger partial charge in [-0.25, -0.2) is 4.98 Å². The molecule has 31 heavy (non-hydrogen) atoms. The predicted octanol–water partition coefficient (Wildman–Crippen LogP) is 4.29. The Balaban J connectivity index is 1.25. The Bertz CT molecular complexity index is 1020. The number of amides is 1. The summed E-state index contributed by atoms with van der Waals surface area (Å²) in [5, 5.41) is 3.01. The summed E-state index contributed by atoms with van der Waals surface area (Å²) in [6, 6.07) is 14.7. The number of likely N-dealkylation sites (tertiary alicyclic amines) is 1. The number of alkyl halides is 3. The molecule has 2 heterocycles. The molecule has 8 heteroatoms. The van der Waals surface area contributed by atoms with Gasteiger partial charge in [-0.1, -0.05) is 30.3 Å². The van der Waals surface area contributed by atoms with E-state index in [0.717, 1.165) is 36.2 Å². The topological polar surface area (TPSA) is 58.4 Å². The summed E-state index contributed by atoms with van der Waals surface area (Å²) in [5.41, 5.74) is 1.59. The molecule has 1 unspecified atom stereocenters. The first kappa shape index (κ1) is 21.1. The normalized spacial score (nSPS) is 17.1. The molecule has 1 aliphatic heterocycles. The summed E-state index contributed by atoms with van der Waals surface area (Å²) >= 11 is 0. The van der Waals surface area contributed by atoms with Crippen LogP contribution in [0.5, 0.6) is 0 Å². The molecule has 1 N–H and O–H groups in total. The number of hydrogen-bond donors (Lipinski definition) is 1. The molecular formula is C23H22F3N3O2. The van der Waals surface area contributed by atoms with Gasteiger partial charge in [0.15, 0.2) is 0 Å². The molecule has 1 amide bonds. The molecule has 5 nitrogen and oxygen atoms in total. The highest BCUT2D eigenvalue weighted by Gasteiger charge is 2.30. The van der Waals surface area contributed by atoms with Crippen molar-refractivity contribution in [2.45, 2.75) is 31.6 Å². The summed E-state index contributed by atoms with van der Waals surface area (Å²) in [5.74, 6) is 0.348. The van der Waals surface area contributed by atoms with E-state index in [0.29, 0.717) is 24.7 Å². The minimum absolute atomic E-state index is 0.00226. The molecule has 1 aromatic heterocycles. The van der Waals surface area contributed by atoms with Crippen LogP contribution in [0.2, 0.25) is 0 Å². The van der Waals surface area contributed by atoms with Gasteiger partial charge in [-0.05, 0) is 36.2 Å². The molecule has 4 rings (SSSR count). The van der Waals surface area contributed by atoms with E-state index in [2.05, 4.69) is 15.2 Å². The third-order valence-corrected chi connectivity index (χ3v) is 5.24. The predicted molar refractivity (Wildman–Crippen MR) is 109 cm³/mol. The van der Waals surface area contributed by atoms with Crippen LogP contribution in [0.1, 0.15) is 23.2 Å². The van der Waals surface area contributed by atoms with E-state index >= 15 is 0 Å².